The van der Waals surface area contributed by atoms with E-state index in [0.29, 0.717) is 34.4 Å². The highest BCUT2D eigenvalue weighted by molar-refractivity contribution is 6.30. The highest BCUT2D eigenvalue weighted by Gasteiger charge is 2.23. The monoisotopic (exact) mass is 485 g/mol. The van der Waals surface area contributed by atoms with Crippen LogP contribution in [0.4, 0.5) is 5.82 Å². The number of aromatic amines is 2. The van der Waals surface area contributed by atoms with Crippen LogP contribution in [0.3, 0.4) is 0 Å². The Labute approximate surface area is 206 Å². The molecule has 0 radical (unpaired) electrons. The van der Waals surface area contributed by atoms with Gasteiger partial charge in [0.2, 0.25) is 0 Å². The van der Waals surface area contributed by atoms with Crippen LogP contribution in [0.1, 0.15) is 18.4 Å². The van der Waals surface area contributed by atoms with E-state index in [0.717, 1.165) is 52.6 Å². The van der Waals surface area contributed by atoms with Gasteiger partial charge in [-0.05, 0) is 37.5 Å². The summed E-state index contributed by atoms with van der Waals surface area (Å²) in [4.78, 5) is 35.5. The number of aryl methyl sites for hydroxylation is 1. The van der Waals surface area contributed by atoms with Crippen molar-refractivity contribution in [3.63, 3.8) is 0 Å². The van der Waals surface area contributed by atoms with Gasteiger partial charge in [-0.15, -0.1) is 0 Å². The van der Waals surface area contributed by atoms with E-state index in [1.54, 1.807) is 12.3 Å². The van der Waals surface area contributed by atoms with Gasteiger partial charge in [0.1, 0.15) is 16.5 Å². The molecule has 5 aromatic rings. The third-order valence-electron chi connectivity index (χ3n) is 6.60. The van der Waals surface area contributed by atoms with Crippen molar-refractivity contribution in [1.29, 1.82) is 0 Å². The molecule has 4 aromatic heterocycles. The van der Waals surface area contributed by atoms with Crippen LogP contribution in [-0.2, 0) is 0 Å². The quantitative estimate of drug-likeness (QED) is 0.326. The van der Waals surface area contributed by atoms with E-state index >= 15 is 0 Å². The Balaban J connectivity index is 1.53. The molecule has 0 spiro atoms. The number of nitrogens with two attached hydrogens (primary N) is 1. The Bertz CT molecular complexity index is 1640. The molecule has 1 atom stereocenters. The number of piperidine rings is 1. The van der Waals surface area contributed by atoms with Gasteiger partial charge in [-0.3, -0.25) is 9.78 Å². The lowest BCUT2D eigenvalue weighted by Crippen LogP contribution is -2.43. The zero-order chi connectivity index (χ0) is 24.1. The molecule has 176 valence electrons. The second kappa shape index (κ2) is 8.48. The number of nitrogens with one attached hydrogen (secondary N) is 2. The van der Waals surface area contributed by atoms with Gasteiger partial charge in [0, 0.05) is 42.3 Å². The molecule has 5 heterocycles. The molecule has 35 heavy (non-hydrogen) atoms. The van der Waals surface area contributed by atoms with Gasteiger partial charge in [-0.25, -0.2) is 9.97 Å². The number of aromatic nitrogens is 5. The van der Waals surface area contributed by atoms with Crippen molar-refractivity contribution in [2.45, 2.75) is 25.8 Å². The number of fused-ring (bicyclic) bond motifs is 2. The third kappa shape index (κ3) is 3.84. The van der Waals surface area contributed by atoms with Gasteiger partial charge in [0.15, 0.2) is 5.82 Å². The van der Waals surface area contributed by atoms with Crippen LogP contribution in [0.15, 0.2) is 53.5 Å². The van der Waals surface area contributed by atoms with E-state index in [4.69, 9.17) is 22.3 Å². The van der Waals surface area contributed by atoms with Crippen LogP contribution in [0.5, 0.6) is 0 Å². The highest BCUT2D eigenvalue weighted by atomic mass is 35.5. The number of H-pyrrole nitrogens is 2. The maximum Gasteiger partial charge on any atom is 0.259 e. The predicted octanol–water partition coefficient (Wildman–Crippen LogP) is 4.42. The van der Waals surface area contributed by atoms with E-state index in [9.17, 15) is 4.79 Å². The van der Waals surface area contributed by atoms with Crippen LogP contribution < -0.4 is 16.2 Å². The molecule has 1 aromatic carbocycles. The van der Waals surface area contributed by atoms with Crippen molar-refractivity contribution in [3.8, 4) is 22.6 Å². The Morgan fingerprint density at radius 1 is 1.09 bits per heavy atom. The predicted molar refractivity (Wildman–Crippen MR) is 140 cm³/mol. The normalized spacial score (nSPS) is 16.3. The zero-order valence-electron chi connectivity index (χ0n) is 19.2. The van der Waals surface area contributed by atoms with Crippen molar-refractivity contribution in [1.82, 2.24) is 24.9 Å². The minimum Gasteiger partial charge on any atom is -0.353 e. The first kappa shape index (κ1) is 21.8. The van der Waals surface area contributed by atoms with Crippen molar-refractivity contribution < 1.29 is 0 Å². The van der Waals surface area contributed by atoms with Crippen LogP contribution in [0.2, 0.25) is 5.15 Å². The van der Waals surface area contributed by atoms with E-state index in [1.807, 2.05) is 43.3 Å². The standard InChI is InChI=1S/C26H24ClN7O/c1-14-5-2-3-7-16(14)22-17-11-18(26(35)31-19(17)8-9-29-22)24-30-20-12-21(27)32-25(23(20)33-24)34-10-4-6-15(28)13-34/h2-3,5,7-9,11-12,15H,4,6,10,13,28H2,1H3,(H,30,33)(H,31,35). The minimum absolute atomic E-state index is 0.0775. The number of imidazole rings is 1. The molecular weight excluding hydrogens is 462 g/mol. The molecule has 9 heteroatoms. The third-order valence-corrected chi connectivity index (χ3v) is 6.80. The van der Waals surface area contributed by atoms with Gasteiger partial charge in [-0.2, -0.15) is 0 Å². The van der Waals surface area contributed by atoms with Gasteiger partial charge in [0.05, 0.1) is 22.3 Å². The Morgan fingerprint density at radius 2 is 1.94 bits per heavy atom. The van der Waals surface area contributed by atoms with Crippen molar-refractivity contribution in [2.24, 2.45) is 5.73 Å². The summed E-state index contributed by atoms with van der Waals surface area (Å²) in [6, 6.07) is 13.5. The minimum atomic E-state index is -0.237. The molecule has 4 N–H and O–H groups in total. The smallest absolute Gasteiger partial charge is 0.259 e. The van der Waals surface area contributed by atoms with Crippen molar-refractivity contribution >= 4 is 39.4 Å². The van der Waals surface area contributed by atoms with Gasteiger partial charge in [0.25, 0.3) is 5.56 Å². The second-order valence-electron chi connectivity index (χ2n) is 9.05. The van der Waals surface area contributed by atoms with E-state index in [1.165, 1.54) is 0 Å². The summed E-state index contributed by atoms with van der Waals surface area (Å²) >= 11 is 6.35. The number of hydrogen-bond donors (Lipinski definition) is 3. The Morgan fingerprint density at radius 3 is 2.77 bits per heavy atom. The molecule has 6 rings (SSSR count). The van der Waals surface area contributed by atoms with Gasteiger partial charge in [-0.1, -0.05) is 35.9 Å². The van der Waals surface area contributed by atoms with Crippen molar-refractivity contribution in [3.05, 3.63) is 69.7 Å². The number of benzene rings is 1. The van der Waals surface area contributed by atoms with Crippen molar-refractivity contribution in [2.75, 3.05) is 18.0 Å². The average molecular weight is 486 g/mol. The van der Waals surface area contributed by atoms with E-state index in [-0.39, 0.29) is 11.6 Å². The van der Waals surface area contributed by atoms with Crippen LogP contribution in [0, 0.1) is 6.92 Å². The maximum absolute atomic E-state index is 13.1. The van der Waals surface area contributed by atoms with Gasteiger partial charge >= 0.3 is 0 Å². The number of halogens is 1. The molecule has 8 nitrogen and oxygen atoms in total. The Hall–Kier alpha value is -3.75. The number of hydrogen-bond acceptors (Lipinski definition) is 6. The molecule has 0 bridgehead atoms. The lowest BCUT2D eigenvalue weighted by molar-refractivity contribution is 0.504. The molecule has 1 fully saturated rings. The van der Waals surface area contributed by atoms with Crippen LogP contribution in [-0.4, -0.2) is 44.1 Å². The summed E-state index contributed by atoms with van der Waals surface area (Å²) in [5.41, 5.74) is 11.4. The summed E-state index contributed by atoms with van der Waals surface area (Å²) in [5, 5.41) is 1.20. The number of rotatable bonds is 3. The second-order valence-corrected chi connectivity index (χ2v) is 9.43. The summed E-state index contributed by atoms with van der Waals surface area (Å²) < 4.78 is 0. The largest absolute Gasteiger partial charge is 0.353 e. The maximum atomic E-state index is 13.1. The zero-order valence-corrected chi connectivity index (χ0v) is 19.9. The molecule has 1 aliphatic heterocycles. The fraction of sp³-hybridized carbons (Fsp3) is 0.231. The number of pyridine rings is 3. The topological polar surface area (TPSA) is 117 Å². The lowest BCUT2D eigenvalue weighted by Gasteiger charge is -2.31. The molecule has 0 amide bonds. The molecule has 0 saturated carbocycles. The Kier molecular flexibility index (Phi) is 5.27. The molecule has 0 aliphatic carbocycles. The first-order valence-electron chi connectivity index (χ1n) is 11.6. The van der Waals surface area contributed by atoms with Crippen LogP contribution >= 0.6 is 11.6 Å². The van der Waals surface area contributed by atoms with Crippen LogP contribution in [0.25, 0.3) is 44.6 Å². The van der Waals surface area contributed by atoms with E-state index < -0.39 is 0 Å². The summed E-state index contributed by atoms with van der Waals surface area (Å²) in [6.45, 7) is 3.57. The molecular formula is C26H24ClN7O. The van der Waals surface area contributed by atoms with E-state index in [2.05, 4.69) is 24.8 Å². The highest BCUT2D eigenvalue weighted by Crippen LogP contribution is 2.32. The first-order chi connectivity index (χ1) is 17.0. The van der Waals surface area contributed by atoms with Gasteiger partial charge < -0.3 is 20.6 Å². The summed E-state index contributed by atoms with van der Waals surface area (Å²) in [6.07, 6.45) is 3.67. The number of nitrogens with zero attached hydrogens (tertiary/aromatic N) is 4. The molecule has 1 aliphatic rings. The lowest BCUT2D eigenvalue weighted by atomic mass is 10.0. The summed E-state index contributed by atoms with van der Waals surface area (Å²) in [7, 11) is 0. The fourth-order valence-corrected chi connectivity index (χ4v) is 5.06. The number of anilines is 1. The SMILES string of the molecule is Cc1ccccc1-c1nccc2[nH]c(=O)c(-c3nc4c(N5CCCC(N)C5)nc(Cl)cc4[nH]3)cc12. The average Bonchev–Trinajstić information content (AvgIpc) is 3.26. The molecule has 1 saturated heterocycles. The fourth-order valence-electron chi connectivity index (χ4n) is 4.87. The molecule has 1 unspecified atom stereocenters. The first-order valence-corrected chi connectivity index (χ1v) is 12.0. The summed E-state index contributed by atoms with van der Waals surface area (Å²) in [5.74, 6) is 1.14.